The standard InChI is InChI=1S/C15H15NO2/c1-3-18-15(17)11(2)10-13-9-8-12-6-4-5-7-14(12)16-13/h4-9H,2-3,10H2,1H3. The molecule has 1 aromatic heterocycles. The van der Waals surface area contributed by atoms with Gasteiger partial charge in [0.2, 0.25) is 0 Å². The second-order valence-electron chi connectivity index (χ2n) is 4.00. The molecule has 0 unspecified atom stereocenters. The minimum atomic E-state index is -0.354. The van der Waals surface area contributed by atoms with E-state index in [1.165, 1.54) is 0 Å². The molecule has 1 heterocycles. The molecule has 0 aliphatic rings. The summed E-state index contributed by atoms with van der Waals surface area (Å²) in [5.74, 6) is -0.354. The molecule has 2 rings (SSSR count). The zero-order valence-electron chi connectivity index (χ0n) is 10.3. The lowest BCUT2D eigenvalue weighted by atomic mass is 10.1. The van der Waals surface area contributed by atoms with Gasteiger partial charge in [-0.15, -0.1) is 0 Å². The van der Waals surface area contributed by atoms with Crippen molar-refractivity contribution in [3.8, 4) is 0 Å². The Morgan fingerprint density at radius 1 is 1.28 bits per heavy atom. The van der Waals surface area contributed by atoms with Crippen molar-refractivity contribution in [2.45, 2.75) is 13.3 Å². The lowest BCUT2D eigenvalue weighted by Crippen LogP contribution is -2.09. The van der Waals surface area contributed by atoms with Crippen molar-refractivity contribution in [3.63, 3.8) is 0 Å². The van der Waals surface area contributed by atoms with Crippen LogP contribution in [0.3, 0.4) is 0 Å². The molecule has 0 saturated carbocycles. The lowest BCUT2D eigenvalue weighted by Gasteiger charge is -2.05. The number of ether oxygens (including phenoxy) is 1. The molecule has 3 heteroatoms. The van der Waals surface area contributed by atoms with Crippen LogP contribution in [0.5, 0.6) is 0 Å². The first kappa shape index (κ1) is 12.3. The third-order valence-electron chi connectivity index (χ3n) is 2.61. The summed E-state index contributed by atoms with van der Waals surface area (Å²) >= 11 is 0. The van der Waals surface area contributed by atoms with E-state index in [-0.39, 0.29) is 5.97 Å². The average molecular weight is 241 g/mol. The van der Waals surface area contributed by atoms with Crippen LogP contribution in [0.25, 0.3) is 10.9 Å². The third-order valence-corrected chi connectivity index (χ3v) is 2.61. The number of aromatic nitrogens is 1. The van der Waals surface area contributed by atoms with Gasteiger partial charge in [0.05, 0.1) is 12.1 Å². The Kier molecular flexibility index (Phi) is 3.72. The van der Waals surface area contributed by atoms with Crippen molar-refractivity contribution in [2.24, 2.45) is 0 Å². The Balaban J connectivity index is 2.17. The van der Waals surface area contributed by atoms with Gasteiger partial charge in [-0.05, 0) is 19.1 Å². The highest BCUT2D eigenvalue weighted by Crippen LogP contribution is 2.14. The first-order chi connectivity index (χ1) is 8.70. The van der Waals surface area contributed by atoms with E-state index >= 15 is 0 Å². The summed E-state index contributed by atoms with van der Waals surface area (Å²) < 4.78 is 4.90. The molecule has 0 amide bonds. The molecule has 2 aromatic rings. The normalized spacial score (nSPS) is 10.3. The van der Waals surface area contributed by atoms with Crippen molar-refractivity contribution in [1.82, 2.24) is 4.98 Å². The number of hydrogen-bond acceptors (Lipinski definition) is 3. The van der Waals surface area contributed by atoms with Gasteiger partial charge in [0.15, 0.2) is 0 Å². The fourth-order valence-electron chi connectivity index (χ4n) is 1.73. The summed E-state index contributed by atoms with van der Waals surface area (Å²) in [6.45, 7) is 5.88. The molecule has 1 aromatic carbocycles. The monoisotopic (exact) mass is 241 g/mol. The molecule has 0 spiro atoms. The maximum Gasteiger partial charge on any atom is 0.333 e. The van der Waals surface area contributed by atoms with Crippen LogP contribution in [-0.2, 0) is 16.0 Å². The van der Waals surface area contributed by atoms with Crippen LogP contribution in [-0.4, -0.2) is 17.6 Å². The van der Waals surface area contributed by atoms with Crippen LogP contribution in [0.4, 0.5) is 0 Å². The average Bonchev–Trinajstić information content (AvgIpc) is 2.39. The van der Waals surface area contributed by atoms with Gasteiger partial charge in [0, 0.05) is 23.1 Å². The van der Waals surface area contributed by atoms with Gasteiger partial charge in [-0.1, -0.05) is 30.8 Å². The molecule has 0 N–H and O–H groups in total. The van der Waals surface area contributed by atoms with E-state index in [1.807, 2.05) is 36.4 Å². The second kappa shape index (κ2) is 5.45. The number of hydrogen-bond donors (Lipinski definition) is 0. The number of para-hydroxylation sites is 1. The Labute approximate surface area is 106 Å². The van der Waals surface area contributed by atoms with Crippen LogP contribution in [0, 0.1) is 0 Å². The Hall–Kier alpha value is -2.16. The second-order valence-corrected chi connectivity index (χ2v) is 4.00. The third kappa shape index (κ3) is 2.74. The van der Waals surface area contributed by atoms with Gasteiger partial charge in [-0.3, -0.25) is 4.98 Å². The highest BCUT2D eigenvalue weighted by Gasteiger charge is 2.09. The van der Waals surface area contributed by atoms with Crippen LogP contribution < -0.4 is 0 Å². The largest absolute Gasteiger partial charge is 0.463 e. The van der Waals surface area contributed by atoms with E-state index in [0.717, 1.165) is 16.6 Å². The van der Waals surface area contributed by atoms with Crippen molar-refractivity contribution in [2.75, 3.05) is 6.61 Å². The topological polar surface area (TPSA) is 39.2 Å². The van der Waals surface area contributed by atoms with Crippen molar-refractivity contribution in [1.29, 1.82) is 0 Å². The van der Waals surface area contributed by atoms with Gasteiger partial charge in [0.1, 0.15) is 0 Å². The maximum atomic E-state index is 11.5. The molecular weight excluding hydrogens is 226 g/mol. The number of rotatable bonds is 4. The van der Waals surface area contributed by atoms with Crippen molar-refractivity contribution >= 4 is 16.9 Å². The highest BCUT2D eigenvalue weighted by molar-refractivity contribution is 5.88. The fourth-order valence-corrected chi connectivity index (χ4v) is 1.73. The molecule has 0 saturated heterocycles. The Bertz CT molecular complexity index is 590. The number of nitrogens with zero attached hydrogens (tertiary/aromatic N) is 1. The first-order valence-corrected chi connectivity index (χ1v) is 5.90. The Morgan fingerprint density at radius 3 is 2.83 bits per heavy atom. The van der Waals surface area contributed by atoms with E-state index < -0.39 is 0 Å². The zero-order chi connectivity index (χ0) is 13.0. The molecule has 0 aliphatic heterocycles. The number of pyridine rings is 1. The van der Waals surface area contributed by atoms with Crippen molar-refractivity contribution < 1.29 is 9.53 Å². The first-order valence-electron chi connectivity index (χ1n) is 5.90. The molecule has 0 radical (unpaired) electrons. The summed E-state index contributed by atoms with van der Waals surface area (Å²) in [5.41, 5.74) is 2.18. The number of fused-ring (bicyclic) bond motifs is 1. The quantitative estimate of drug-likeness (QED) is 0.610. The molecule has 3 nitrogen and oxygen atoms in total. The predicted octanol–water partition coefficient (Wildman–Crippen LogP) is 2.90. The van der Waals surface area contributed by atoms with E-state index in [0.29, 0.717) is 18.6 Å². The summed E-state index contributed by atoms with van der Waals surface area (Å²) in [6, 6.07) is 11.8. The SMILES string of the molecule is C=C(Cc1ccc2ccccc2n1)C(=O)OCC. The minimum Gasteiger partial charge on any atom is -0.463 e. The van der Waals surface area contributed by atoms with E-state index in [1.54, 1.807) is 6.92 Å². The number of esters is 1. The summed E-state index contributed by atoms with van der Waals surface area (Å²) in [5, 5.41) is 1.09. The molecule has 0 atom stereocenters. The van der Waals surface area contributed by atoms with Crippen LogP contribution in [0.1, 0.15) is 12.6 Å². The molecular formula is C15H15NO2. The summed E-state index contributed by atoms with van der Waals surface area (Å²) in [4.78, 5) is 16.0. The smallest absolute Gasteiger partial charge is 0.333 e. The van der Waals surface area contributed by atoms with Gasteiger partial charge in [-0.25, -0.2) is 4.79 Å². The van der Waals surface area contributed by atoms with E-state index in [9.17, 15) is 4.79 Å². The zero-order valence-corrected chi connectivity index (χ0v) is 10.3. The molecule has 0 fully saturated rings. The van der Waals surface area contributed by atoms with Gasteiger partial charge >= 0.3 is 5.97 Å². The van der Waals surface area contributed by atoms with Crippen molar-refractivity contribution in [3.05, 3.63) is 54.2 Å². The highest BCUT2D eigenvalue weighted by atomic mass is 16.5. The van der Waals surface area contributed by atoms with Gasteiger partial charge < -0.3 is 4.74 Å². The molecule has 18 heavy (non-hydrogen) atoms. The van der Waals surface area contributed by atoms with Crippen LogP contribution in [0.15, 0.2) is 48.6 Å². The number of benzene rings is 1. The molecule has 92 valence electrons. The minimum absolute atomic E-state index is 0.354. The Morgan fingerprint density at radius 2 is 2.06 bits per heavy atom. The summed E-state index contributed by atoms with van der Waals surface area (Å²) in [6.07, 6.45) is 0.420. The van der Waals surface area contributed by atoms with Crippen LogP contribution in [0.2, 0.25) is 0 Å². The summed E-state index contributed by atoms with van der Waals surface area (Å²) in [7, 11) is 0. The molecule has 0 bridgehead atoms. The van der Waals surface area contributed by atoms with Gasteiger partial charge in [-0.2, -0.15) is 0 Å². The van der Waals surface area contributed by atoms with Crippen LogP contribution >= 0.6 is 0 Å². The maximum absolute atomic E-state index is 11.5. The van der Waals surface area contributed by atoms with E-state index in [2.05, 4.69) is 11.6 Å². The molecule has 0 aliphatic carbocycles. The number of carbonyl (C=O) groups is 1. The van der Waals surface area contributed by atoms with Gasteiger partial charge in [0.25, 0.3) is 0 Å². The van der Waals surface area contributed by atoms with E-state index in [4.69, 9.17) is 4.74 Å². The predicted molar refractivity (Wildman–Crippen MR) is 71.2 cm³/mol. The number of carbonyl (C=O) groups excluding carboxylic acids is 1. The fraction of sp³-hybridized carbons (Fsp3) is 0.200. The lowest BCUT2D eigenvalue weighted by molar-refractivity contribution is -0.138.